The van der Waals surface area contributed by atoms with Gasteiger partial charge in [0.05, 0.1) is 5.75 Å². The minimum absolute atomic E-state index is 0.0350. The Morgan fingerprint density at radius 3 is 2.40 bits per heavy atom. The summed E-state index contributed by atoms with van der Waals surface area (Å²) in [5.74, 6) is 1.06. The van der Waals surface area contributed by atoms with Crippen LogP contribution in [0.15, 0.2) is 84.3 Å². The zero-order valence-electron chi connectivity index (χ0n) is 16.7. The lowest BCUT2D eigenvalue weighted by Gasteiger charge is -2.11. The van der Waals surface area contributed by atoms with E-state index in [0.717, 1.165) is 17.0 Å². The predicted molar refractivity (Wildman–Crippen MR) is 118 cm³/mol. The van der Waals surface area contributed by atoms with Crippen molar-refractivity contribution in [3.05, 3.63) is 102 Å². The minimum atomic E-state index is -0.0350. The first kappa shape index (κ1) is 20.0. The highest BCUT2D eigenvalue weighted by Gasteiger charge is 2.16. The Kier molecular flexibility index (Phi) is 6.29. The average Bonchev–Trinajstić information content (AvgIpc) is 3.42. The summed E-state index contributed by atoms with van der Waals surface area (Å²) in [5.41, 5.74) is 3.45. The van der Waals surface area contributed by atoms with E-state index < -0.39 is 0 Å². The van der Waals surface area contributed by atoms with Crippen LogP contribution in [0.1, 0.15) is 22.5 Å². The van der Waals surface area contributed by atoms with Gasteiger partial charge in [0.2, 0.25) is 11.1 Å². The second-order valence-corrected chi connectivity index (χ2v) is 7.93. The molecule has 0 saturated heterocycles. The molecular formula is C23H23N5OS. The van der Waals surface area contributed by atoms with Crippen LogP contribution in [-0.4, -0.2) is 31.2 Å². The molecule has 0 radical (unpaired) electrons. The topological polar surface area (TPSA) is 64.7 Å². The van der Waals surface area contributed by atoms with Gasteiger partial charge in [-0.05, 0) is 30.2 Å². The van der Waals surface area contributed by atoms with Crippen LogP contribution in [0.25, 0.3) is 0 Å². The molecule has 2 aromatic carbocycles. The Morgan fingerprint density at radius 2 is 1.67 bits per heavy atom. The quantitative estimate of drug-likeness (QED) is 0.444. The second-order valence-electron chi connectivity index (χ2n) is 6.99. The molecule has 0 aliphatic carbocycles. The van der Waals surface area contributed by atoms with E-state index >= 15 is 0 Å². The molecule has 30 heavy (non-hydrogen) atoms. The predicted octanol–water partition coefficient (Wildman–Crippen LogP) is 3.70. The van der Waals surface area contributed by atoms with E-state index in [-0.39, 0.29) is 11.7 Å². The molecule has 1 amide bonds. The molecule has 2 aromatic heterocycles. The van der Waals surface area contributed by atoms with Crippen molar-refractivity contribution in [2.45, 2.75) is 25.0 Å². The van der Waals surface area contributed by atoms with Gasteiger partial charge in [0.15, 0.2) is 5.82 Å². The van der Waals surface area contributed by atoms with Gasteiger partial charge in [-0.25, -0.2) is 4.68 Å². The average molecular weight is 418 g/mol. The summed E-state index contributed by atoms with van der Waals surface area (Å²) < 4.78 is 3.88. The van der Waals surface area contributed by atoms with Gasteiger partial charge < -0.3 is 5.32 Å². The van der Waals surface area contributed by atoms with Crippen molar-refractivity contribution in [3.8, 4) is 0 Å². The normalized spacial score (nSPS) is 10.8. The highest BCUT2D eigenvalue weighted by atomic mass is 32.2. The Hall–Kier alpha value is -3.32. The van der Waals surface area contributed by atoms with Gasteiger partial charge in [0.25, 0.3) is 0 Å². The van der Waals surface area contributed by atoms with Crippen LogP contribution < -0.4 is 5.32 Å². The van der Waals surface area contributed by atoms with E-state index in [1.807, 2.05) is 83.3 Å². The van der Waals surface area contributed by atoms with Crippen LogP contribution in [0.3, 0.4) is 0 Å². The lowest BCUT2D eigenvalue weighted by molar-refractivity contribution is -0.118. The number of rotatable bonds is 8. The molecule has 0 spiro atoms. The maximum atomic E-state index is 12.4. The Morgan fingerprint density at radius 1 is 0.933 bits per heavy atom. The van der Waals surface area contributed by atoms with Gasteiger partial charge in [-0.1, -0.05) is 71.9 Å². The molecule has 0 aliphatic rings. The molecule has 0 bridgehead atoms. The summed E-state index contributed by atoms with van der Waals surface area (Å²) in [6.45, 7) is 2.56. The summed E-state index contributed by atoms with van der Waals surface area (Å²) in [5, 5.41) is 12.4. The summed E-state index contributed by atoms with van der Waals surface area (Å²) in [6.07, 6.45) is 4.55. The highest BCUT2D eigenvalue weighted by molar-refractivity contribution is 7.99. The van der Waals surface area contributed by atoms with E-state index in [2.05, 4.69) is 27.6 Å². The number of carbonyl (C=O) groups excluding carboxylic acids is 1. The van der Waals surface area contributed by atoms with E-state index in [1.54, 1.807) is 0 Å². The number of hydrogen-bond donors (Lipinski definition) is 1. The Bertz CT molecular complexity index is 1090. The third-order valence-electron chi connectivity index (χ3n) is 4.64. The van der Waals surface area contributed by atoms with E-state index in [0.29, 0.717) is 18.1 Å². The van der Waals surface area contributed by atoms with Gasteiger partial charge in [-0.15, -0.1) is 10.2 Å². The van der Waals surface area contributed by atoms with Gasteiger partial charge in [-0.2, -0.15) is 0 Å². The smallest absolute Gasteiger partial charge is 0.230 e. The van der Waals surface area contributed by atoms with Crippen molar-refractivity contribution in [2.75, 3.05) is 5.75 Å². The van der Waals surface area contributed by atoms with Crippen molar-refractivity contribution < 1.29 is 4.79 Å². The molecule has 152 valence electrons. The molecule has 0 unspecified atom stereocenters. The third-order valence-corrected chi connectivity index (χ3v) is 5.56. The van der Waals surface area contributed by atoms with Crippen LogP contribution in [0, 0.1) is 6.92 Å². The van der Waals surface area contributed by atoms with E-state index in [9.17, 15) is 4.79 Å². The summed E-state index contributed by atoms with van der Waals surface area (Å²) in [4.78, 5) is 12.4. The maximum Gasteiger partial charge on any atom is 0.230 e. The fraction of sp³-hybridized carbons (Fsp3) is 0.174. The summed E-state index contributed by atoms with van der Waals surface area (Å²) in [6, 6.07) is 22.2. The van der Waals surface area contributed by atoms with Crippen LogP contribution >= 0.6 is 11.8 Å². The third kappa shape index (κ3) is 4.99. The zero-order valence-corrected chi connectivity index (χ0v) is 17.5. The Balaban J connectivity index is 1.43. The maximum absolute atomic E-state index is 12.4. The van der Waals surface area contributed by atoms with E-state index in [1.165, 1.54) is 17.3 Å². The number of aromatic nitrogens is 4. The number of amides is 1. The van der Waals surface area contributed by atoms with Gasteiger partial charge >= 0.3 is 0 Å². The molecule has 2 heterocycles. The molecule has 7 heteroatoms. The number of aryl methyl sites for hydroxylation is 1. The van der Waals surface area contributed by atoms with Gasteiger partial charge in [0.1, 0.15) is 0 Å². The first-order valence-corrected chi connectivity index (χ1v) is 10.7. The molecule has 0 atom stereocenters. The molecule has 0 fully saturated rings. The van der Waals surface area contributed by atoms with Crippen molar-refractivity contribution in [2.24, 2.45) is 0 Å². The fourth-order valence-corrected chi connectivity index (χ4v) is 3.84. The highest BCUT2D eigenvalue weighted by Crippen LogP contribution is 2.19. The first-order valence-electron chi connectivity index (χ1n) is 9.76. The van der Waals surface area contributed by atoms with Gasteiger partial charge in [-0.3, -0.25) is 9.47 Å². The zero-order chi connectivity index (χ0) is 20.8. The molecule has 4 rings (SSSR count). The monoisotopic (exact) mass is 417 g/mol. The number of carbonyl (C=O) groups is 1. The standard InChI is InChI=1S/C23H23N5OS/c1-18-9-11-20(12-10-18)16-24-22(29)17-30-23-26-25-21(15-19-7-3-2-4-8-19)28(23)27-13-5-6-14-27/h2-14H,15-17H2,1H3,(H,24,29). The SMILES string of the molecule is Cc1ccc(CNC(=O)CSc2nnc(Cc3ccccc3)n2-n2cccc2)cc1. The van der Waals surface area contributed by atoms with Crippen LogP contribution in [0.5, 0.6) is 0 Å². The van der Waals surface area contributed by atoms with Crippen molar-refractivity contribution >= 4 is 17.7 Å². The van der Waals surface area contributed by atoms with Crippen LogP contribution in [0.2, 0.25) is 0 Å². The molecule has 4 aromatic rings. The lowest BCUT2D eigenvalue weighted by atomic mass is 10.1. The molecule has 0 aliphatic heterocycles. The minimum Gasteiger partial charge on any atom is -0.351 e. The number of thioether (sulfide) groups is 1. The number of hydrogen-bond acceptors (Lipinski definition) is 4. The van der Waals surface area contributed by atoms with Crippen LogP contribution in [-0.2, 0) is 17.8 Å². The lowest BCUT2D eigenvalue weighted by Crippen LogP contribution is -2.25. The van der Waals surface area contributed by atoms with Crippen LogP contribution in [0.4, 0.5) is 0 Å². The number of benzene rings is 2. The van der Waals surface area contributed by atoms with Crippen molar-refractivity contribution in [3.63, 3.8) is 0 Å². The number of nitrogens with one attached hydrogen (secondary N) is 1. The molecular weight excluding hydrogens is 394 g/mol. The van der Waals surface area contributed by atoms with E-state index in [4.69, 9.17) is 0 Å². The van der Waals surface area contributed by atoms with Crippen molar-refractivity contribution in [1.29, 1.82) is 0 Å². The van der Waals surface area contributed by atoms with Gasteiger partial charge in [0, 0.05) is 25.4 Å². The number of nitrogens with zero attached hydrogens (tertiary/aromatic N) is 4. The molecule has 1 N–H and O–H groups in total. The molecule has 6 nitrogen and oxygen atoms in total. The summed E-state index contributed by atoms with van der Waals surface area (Å²) in [7, 11) is 0. The summed E-state index contributed by atoms with van der Waals surface area (Å²) >= 11 is 1.38. The Labute approximate surface area is 179 Å². The van der Waals surface area contributed by atoms with Crippen molar-refractivity contribution in [1.82, 2.24) is 24.9 Å². The molecule has 0 saturated carbocycles. The second kappa shape index (κ2) is 9.45. The fourth-order valence-electron chi connectivity index (χ4n) is 3.05. The largest absolute Gasteiger partial charge is 0.351 e. The first-order chi connectivity index (χ1) is 14.7.